The van der Waals surface area contributed by atoms with Gasteiger partial charge in [0.05, 0.1) is 15.5 Å². The van der Waals surface area contributed by atoms with Crippen LogP contribution in [0.4, 0.5) is 5.69 Å². The number of primary sulfonamides is 1. The van der Waals surface area contributed by atoms with Gasteiger partial charge in [0.2, 0.25) is 10.0 Å². The first kappa shape index (κ1) is 20.9. The molecule has 0 saturated carbocycles. The number of carbonyl (C=O) groups is 2. The molecule has 0 radical (unpaired) electrons. The molecule has 1 amide bonds. The number of hydrogen-bond acceptors (Lipinski definition) is 5. The summed E-state index contributed by atoms with van der Waals surface area (Å²) in [7, 11) is -4.01. The van der Waals surface area contributed by atoms with Crippen LogP contribution in [-0.4, -0.2) is 26.4 Å². The molecule has 0 aliphatic rings. The van der Waals surface area contributed by atoms with Crippen molar-refractivity contribution in [1.29, 1.82) is 0 Å². The number of anilines is 1. The summed E-state index contributed by atoms with van der Waals surface area (Å²) in [5.41, 5.74) is 1.49. The Hall–Kier alpha value is -2.42. The summed E-state index contributed by atoms with van der Waals surface area (Å²) in [6.07, 6.45) is -0.252. The lowest BCUT2D eigenvalue weighted by Gasteiger charge is -2.14. The molecule has 0 saturated heterocycles. The lowest BCUT2D eigenvalue weighted by Crippen LogP contribution is -2.30. The van der Waals surface area contributed by atoms with Crippen molar-refractivity contribution in [3.05, 3.63) is 58.6 Å². The molecule has 2 aromatic carbocycles. The van der Waals surface area contributed by atoms with Crippen LogP contribution in [0.2, 0.25) is 5.02 Å². The van der Waals surface area contributed by atoms with Gasteiger partial charge in [0.1, 0.15) is 0 Å². The van der Waals surface area contributed by atoms with Crippen LogP contribution < -0.4 is 10.5 Å². The normalized spacial score (nSPS) is 12.3. The Morgan fingerprint density at radius 3 is 2.37 bits per heavy atom. The number of esters is 1. The van der Waals surface area contributed by atoms with Crippen LogP contribution in [0.15, 0.2) is 47.4 Å². The zero-order valence-electron chi connectivity index (χ0n) is 14.7. The molecule has 0 aliphatic carbocycles. The molecule has 0 aliphatic heterocycles. The van der Waals surface area contributed by atoms with Gasteiger partial charge in [0, 0.05) is 5.69 Å². The van der Waals surface area contributed by atoms with E-state index in [2.05, 4.69) is 5.32 Å². The zero-order chi connectivity index (χ0) is 20.2. The first-order chi connectivity index (χ1) is 12.6. The molecule has 0 unspecified atom stereocenters. The van der Waals surface area contributed by atoms with Crippen molar-refractivity contribution in [1.82, 2.24) is 0 Å². The molecular weight excluding hydrogens is 392 g/mol. The van der Waals surface area contributed by atoms with Crippen molar-refractivity contribution in [2.75, 3.05) is 5.32 Å². The van der Waals surface area contributed by atoms with Crippen LogP contribution in [0.1, 0.15) is 29.8 Å². The molecule has 3 N–H and O–H groups in total. The summed E-state index contributed by atoms with van der Waals surface area (Å²) in [5.74, 6) is -1.47. The summed E-state index contributed by atoms with van der Waals surface area (Å²) in [4.78, 5) is 24.2. The van der Waals surface area contributed by atoms with Gasteiger partial charge in [-0.3, -0.25) is 4.79 Å². The van der Waals surface area contributed by atoms with Crippen LogP contribution in [0.25, 0.3) is 0 Å². The second-order valence-corrected chi connectivity index (χ2v) is 7.74. The number of sulfonamides is 1. The standard InChI is InChI=1S/C18H19ClN2O5S/c1-3-12-4-6-13(7-5-12)21-17(22)11(2)26-18(23)15-10-14(27(20,24)25)8-9-16(15)19/h4-11H,3H2,1-2H3,(H,21,22)(H2,20,24,25)/t11-/m1/s1. The predicted octanol–water partition coefficient (Wildman–Crippen LogP) is 2.73. The number of halogens is 1. The van der Waals surface area contributed by atoms with Gasteiger partial charge in [-0.1, -0.05) is 30.7 Å². The van der Waals surface area contributed by atoms with E-state index < -0.39 is 28.0 Å². The quantitative estimate of drug-likeness (QED) is 0.710. The number of ether oxygens (including phenoxy) is 1. The number of nitrogens with two attached hydrogens (primary N) is 1. The van der Waals surface area contributed by atoms with Crippen LogP contribution in [0.5, 0.6) is 0 Å². The van der Waals surface area contributed by atoms with E-state index in [4.69, 9.17) is 21.5 Å². The van der Waals surface area contributed by atoms with E-state index in [1.165, 1.54) is 19.1 Å². The van der Waals surface area contributed by atoms with E-state index in [-0.39, 0.29) is 15.5 Å². The number of amides is 1. The molecule has 0 spiro atoms. The second-order valence-electron chi connectivity index (χ2n) is 5.77. The Balaban J connectivity index is 2.09. The smallest absolute Gasteiger partial charge is 0.340 e. The summed E-state index contributed by atoms with van der Waals surface area (Å²) >= 11 is 5.93. The second kappa shape index (κ2) is 8.51. The van der Waals surface area contributed by atoms with E-state index in [1.54, 1.807) is 12.1 Å². The van der Waals surface area contributed by atoms with E-state index in [9.17, 15) is 18.0 Å². The highest BCUT2D eigenvalue weighted by molar-refractivity contribution is 7.89. The summed E-state index contributed by atoms with van der Waals surface area (Å²) < 4.78 is 27.9. The fourth-order valence-electron chi connectivity index (χ4n) is 2.18. The number of rotatable bonds is 6. The van der Waals surface area contributed by atoms with E-state index in [0.29, 0.717) is 5.69 Å². The van der Waals surface area contributed by atoms with Gasteiger partial charge in [0.15, 0.2) is 6.10 Å². The highest BCUT2D eigenvalue weighted by Crippen LogP contribution is 2.21. The predicted molar refractivity (Wildman–Crippen MR) is 102 cm³/mol. The third-order valence-electron chi connectivity index (χ3n) is 3.77. The zero-order valence-corrected chi connectivity index (χ0v) is 16.3. The first-order valence-electron chi connectivity index (χ1n) is 8.05. The molecule has 27 heavy (non-hydrogen) atoms. The van der Waals surface area contributed by atoms with Crippen molar-refractivity contribution >= 4 is 39.2 Å². The average Bonchev–Trinajstić information content (AvgIpc) is 2.61. The number of aryl methyl sites for hydroxylation is 1. The van der Waals surface area contributed by atoms with Crippen LogP contribution in [-0.2, 0) is 26.0 Å². The van der Waals surface area contributed by atoms with Gasteiger partial charge in [0.25, 0.3) is 5.91 Å². The number of carbonyl (C=O) groups excluding carboxylic acids is 2. The SMILES string of the molecule is CCc1ccc(NC(=O)[C@@H](C)OC(=O)c2cc(S(N)(=O)=O)ccc2Cl)cc1. The van der Waals surface area contributed by atoms with Gasteiger partial charge in [-0.15, -0.1) is 0 Å². The highest BCUT2D eigenvalue weighted by atomic mass is 35.5. The fraction of sp³-hybridized carbons (Fsp3) is 0.222. The lowest BCUT2D eigenvalue weighted by molar-refractivity contribution is -0.123. The molecular formula is C18H19ClN2O5S. The Bertz CT molecular complexity index is 958. The first-order valence-corrected chi connectivity index (χ1v) is 9.97. The van der Waals surface area contributed by atoms with Crippen molar-refractivity contribution in [3.63, 3.8) is 0 Å². The molecule has 2 rings (SSSR count). The topological polar surface area (TPSA) is 116 Å². The van der Waals surface area contributed by atoms with Gasteiger partial charge >= 0.3 is 5.97 Å². The molecule has 144 valence electrons. The monoisotopic (exact) mass is 410 g/mol. The van der Waals surface area contributed by atoms with Gasteiger partial charge < -0.3 is 10.1 Å². The maximum absolute atomic E-state index is 12.3. The van der Waals surface area contributed by atoms with Gasteiger partial charge in [-0.2, -0.15) is 0 Å². The highest BCUT2D eigenvalue weighted by Gasteiger charge is 2.22. The largest absolute Gasteiger partial charge is 0.449 e. The van der Waals surface area contributed by atoms with Gasteiger partial charge in [-0.25, -0.2) is 18.4 Å². The Morgan fingerprint density at radius 1 is 1.19 bits per heavy atom. The number of nitrogens with one attached hydrogen (secondary N) is 1. The maximum atomic E-state index is 12.3. The van der Waals surface area contributed by atoms with Crippen LogP contribution >= 0.6 is 11.6 Å². The minimum absolute atomic E-state index is 0.0184. The van der Waals surface area contributed by atoms with Gasteiger partial charge in [-0.05, 0) is 49.2 Å². The molecule has 7 nitrogen and oxygen atoms in total. The third-order valence-corrected chi connectivity index (χ3v) is 5.01. The Kier molecular flexibility index (Phi) is 6.59. The van der Waals surface area contributed by atoms with Crippen LogP contribution in [0, 0.1) is 0 Å². The molecule has 1 atom stereocenters. The average molecular weight is 411 g/mol. The third kappa shape index (κ3) is 5.53. The van der Waals surface area contributed by atoms with Crippen LogP contribution in [0.3, 0.4) is 0 Å². The number of benzene rings is 2. The van der Waals surface area contributed by atoms with Crippen molar-refractivity contribution in [2.24, 2.45) is 5.14 Å². The number of hydrogen-bond donors (Lipinski definition) is 2. The lowest BCUT2D eigenvalue weighted by atomic mass is 10.1. The van der Waals surface area contributed by atoms with Crippen molar-refractivity contribution < 1.29 is 22.7 Å². The minimum atomic E-state index is -4.01. The summed E-state index contributed by atoms with van der Waals surface area (Å²) in [6, 6.07) is 10.7. The van der Waals surface area contributed by atoms with E-state index in [1.807, 2.05) is 19.1 Å². The minimum Gasteiger partial charge on any atom is -0.449 e. The Morgan fingerprint density at radius 2 is 1.81 bits per heavy atom. The van der Waals surface area contributed by atoms with E-state index in [0.717, 1.165) is 18.1 Å². The van der Waals surface area contributed by atoms with E-state index >= 15 is 0 Å². The summed E-state index contributed by atoms with van der Waals surface area (Å²) in [6.45, 7) is 3.41. The fourth-order valence-corrected chi connectivity index (χ4v) is 2.92. The van der Waals surface area contributed by atoms with Crippen molar-refractivity contribution in [3.8, 4) is 0 Å². The molecule has 0 fully saturated rings. The summed E-state index contributed by atoms with van der Waals surface area (Å²) in [5, 5.41) is 7.66. The van der Waals surface area contributed by atoms with Crippen molar-refractivity contribution in [2.45, 2.75) is 31.3 Å². The molecule has 0 heterocycles. The molecule has 0 aromatic heterocycles. The molecule has 0 bridgehead atoms. The molecule has 2 aromatic rings. The Labute approximate surface area is 162 Å². The maximum Gasteiger partial charge on any atom is 0.340 e. The molecule has 9 heteroatoms.